The van der Waals surface area contributed by atoms with Crippen molar-refractivity contribution >= 4 is 5.82 Å². The molecule has 22 heavy (non-hydrogen) atoms. The van der Waals surface area contributed by atoms with Gasteiger partial charge in [-0.1, -0.05) is 42.5 Å². The van der Waals surface area contributed by atoms with Crippen LogP contribution in [-0.2, 0) is 6.42 Å². The molecule has 0 saturated heterocycles. The summed E-state index contributed by atoms with van der Waals surface area (Å²) in [5.74, 6) is 0.564. The first-order valence-corrected chi connectivity index (χ1v) is 7.47. The highest BCUT2D eigenvalue weighted by Crippen LogP contribution is 2.26. The van der Waals surface area contributed by atoms with Gasteiger partial charge in [-0.3, -0.25) is 0 Å². The van der Waals surface area contributed by atoms with Gasteiger partial charge in [-0.2, -0.15) is 4.68 Å². The molecule has 0 saturated carbocycles. The first kappa shape index (κ1) is 14.3. The van der Waals surface area contributed by atoms with E-state index in [0.29, 0.717) is 5.82 Å². The lowest BCUT2D eigenvalue weighted by Crippen LogP contribution is -2.03. The van der Waals surface area contributed by atoms with Crippen molar-refractivity contribution in [2.24, 2.45) is 0 Å². The van der Waals surface area contributed by atoms with Gasteiger partial charge in [0.15, 0.2) is 5.82 Å². The predicted molar refractivity (Wildman–Crippen MR) is 90.1 cm³/mol. The van der Waals surface area contributed by atoms with E-state index in [1.165, 1.54) is 16.7 Å². The number of aryl methyl sites for hydroxylation is 3. The predicted octanol–water partition coefficient (Wildman–Crippen LogP) is 3.70. The number of nitrogen functional groups attached to an aromatic ring is 1. The van der Waals surface area contributed by atoms with Gasteiger partial charge in [0.1, 0.15) is 5.69 Å². The van der Waals surface area contributed by atoms with Crippen molar-refractivity contribution in [1.29, 1.82) is 0 Å². The van der Waals surface area contributed by atoms with E-state index in [4.69, 9.17) is 5.73 Å². The van der Waals surface area contributed by atoms with Crippen molar-refractivity contribution in [3.05, 3.63) is 59.2 Å². The molecule has 0 unspecified atom stereocenters. The standard InChI is InChI=1S/C18H20N4/c1-4-14-5-7-15(8-6-14)17-18(19)22(21-20-17)16-10-12(2)9-13(3)11-16/h5-11H,4,19H2,1-3H3. The topological polar surface area (TPSA) is 56.7 Å². The Labute approximate surface area is 130 Å². The summed E-state index contributed by atoms with van der Waals surface area (Å²) in [5.41, 5.74) is 12.6. The van der Waals surface area contributed by atoms with Crippen LogP contribution in [0.3, 0.4) is 0 Å². The van der Waals surface area contributed by atoms with E-state index in [0.717, 1.165) is 23.4 Å². The molecule has 0 aliphatic carbocycles. The van der Waals surface area contributed by atoms with E-state index in [2.05, 4.69) is 61.4 Å². The Morgan fingerprint density at radius 3 is 2.23 bits per heavy atom. The van der Waals surface area contributed by atoms with Gasteiger partial charge >= 0.3 is 0 Å². The highest BCUT2D eigenvalue weighted by molar-refractivity contribution is 5.71. The second kappa shape index (κ2) is 5.64. The molecular formula is C18H20N4. The Balaban J connectivity index is 2.04. The number of aromatic nitrogens is 3. The largest absolute Gasteiger partial charge is 0.382 e. The average molecular weight is 292 g/mol. The molecule has 4 heteroatoms. The van der Waals surface area contributed by atoms with Crippen LogP contribution < -0.4 is 5.73 Å². The highest BCUT2D eigenvalue weighted by Gasteiger charge is 2.13. The third-order valence-electron chi connectivity index (χ3n) is 3.79. The maximum Gasteiger partial charge on any atom is 0.155 e. The normalized spacial score (nSPS) is 10.9. The fourth-order valence-electron chi connectivity index (χ4n) is 2.66. The van der Waals surface area contributed by atoms with Gasteiger partial charge in [-0.15, -0.1) is 5.10 Å². The first-order valence-electron chi connectivity index (χ1n) is 7.47. The van der Waals surface area contributed by atoms with E-state index >= 15 is 0 Å². The minimum atomic E-state index is 0.564. The van der Waals surface area contributed by atoms with Gasteiger partial charge < -0.3 is 5.73 Å². The summed E-state index contributed by atoms with van der Waals surface area (Å²) in [4.78, 5) is 0. The number of hydrogen-bond acceptors (Lipinski definition) is 3. The zero-order valence-corrected chi connectivity index (χ0v) is 13.2. The van der Waals surface area contributed by atoms with Crippen molar-refractivity contribution in [3.63, 3.8) is 0 Å². The van der Waals surface area contributed by atoms with Crippen molar-refractivity contribution < 1.29 is 0 Å². The van der Waals surface area contributed by atoms with Gasteiger partial charge in [0.05, 0.1) is 5.69 Å². The molecule has 0 aliphatic rings. The number of benzene rings is 2. The molecule has 4 nitrogen and oxygen atoms in total. The molecule has 1 heterocycles. The SMILES string of the molecule is CCc1ccc(-c2nnn(-c3cc(C)cc(C)c3)c2N)cc1. The summed E-state index contributed by atoms with van der Waals surface area (Å²) in [7, 11) is 0. The number of anilines is 1. The lowest BCUT2D eigenvalue weighted by atomic mass is 10.1. The van der Waals surface area contributed by atoms with Crippen LogP contribution in [-0.4, -0.2) is 15.0 Å². The van der Waals surface area contributed by atoms with Gasteiger partial charge in [0.2, 0.25) is 0 Å². The molecule has 3 rings (SSSR count). The van der Waals surface area contributed by atoms with E-state index in [1.54, 1.807) is 4.68 Å². The van der Waals surface area contributed by atoms with E-state index in [9.17, 15) is 0 Å². The van der Waals surface area contributed by atoms with Crippen molar-refractivity contribution in [3.8, 4) is 16.9 Å². The van der Waals surface area contributed by atoms with Crippen LogP contribution >= 0.6 is 0 Å². The smallest absolute Gasteiger partial charge is 0.155 e. The Kier molecular flexibility index (Phi) is 3.67. The fourth-order valence-corrected chi connectivity index (χ4v) is 2.66. The quantitative estimate of drug-likeness (QED) is 0.801. The maximum absolute atomic E-state index is 6.28. The molecule has 112 valence electrons. The summed E-state index contributed by atoms with van der Waals surface area (Å²) in [6, 6.07) is 14.5. The summed E-state index contributed by atoms with van der Waals surface area (Å²) in [6.07, 6.45) is 1.02. The summed E-state index contributed by atoms with van der Waals surface area (Å²) >= 11 is 0. The molecule has 3 aromatic rings. The van der Waals surface area contributed by atoms with E-state index in [-0.39, 0.29) is 0 Å². The monoisotopic (exact) mass is 292 g/mol. The van der Waals surface area contributed by atoms with Crippen molar-refractivity contribution in [2.45, 2.75) is 27.2 Å². The molecular weight excluding hydrogens is 272 g/mol. The van der Waals surface area contributed by atoms with Crippen LogP contribution in [0.2, 0.25) is 0 Å². The second-order valence-corrected chi connectivity index (χ2v) is 5.63. The Morgan fingerprint density at radius 2 is 1.64 bits per heavy atom. The molecule has 1 aromatic heterocycles. The maximum atomic E-state index is 6.28. The zero-order valence-electron chi connectivity index (χ0n) is 13.2. The Bertz CT molecular complexity index is 780. The molecule has 0 amide bonds. The summed E-state index contributed by atoms with van der Waals surface area (Å²) in [5, 5.41) is 8.49. The molecule has 2 aromatic carbocycles. The highest BCUT2D eigenvalue weighted by atomic mass is 15.5. The molecule has 0 spiro atoms. The Hall–Kier alpha value is -2.62. The molecule has 0 bridgehead atoms. The van der Waals surface area contributed by atoms with Crippen LogP contribution in [0.5, 0.6) is 0 Å². The zero-order chi connectivity index (χ0) is 15.7. The van der Waals surface area contributed by atoms with Crippen LogP contribution in [0.4, 0.5) is 5.82 Å². The Morgan fingerprint density at radius 1 is 1.00 bits per heavy atom. The third-order valence-corrected chi connectivity index (χ3v) is 3.79. The van der Waals surface area contributed by atoms with Crippen molar-refractivity contribution in [1.82, 2.24) is 15.0 Å². The lowest BCUT2D eigenvalue weighted by Gasteiger charge is -2.06. The van der Waals surface area contributed by atoms with E-state index < -0.39 is 0 Å². The lowest BCUT2D eigenvalue weighted by molar-refractivity contribution is 0.809. The summed E-state index contributed by atoms with van der Waals surface area (Å²) < 4.78 is 1.70. The number of nitrogens with two attached hydrogens (primary N) is 1. The number of nitrogens with zero attached hydrogens (tertiary/aromatic N) is 3. The van der Waals surface area contributed by atoms with Crippen LogP contribution in [0.1, 0.15) is 23.6 Å². The third kappa shape index (κ3) is 2.60. The summed E-state index contributed by atoms with van der Waals surface area (Å²) in [6.45, 7) is 6.27. The van der Waals surface area contributed by atoms with Gasteiger partial charge in [0, 0.05) is 5.56 Å². The minimum Gasteiger partial charge on any atom is -0.382 e. The number of hydrogen-bond donors (Lipinski definition) is 1. The second-order valence-electron chi connectivity index (χ2n) is 5.63. The first-order chi connectivity index (χ1) is 10.6. The molecule has 2 N–H and O–H groups in total. The molecule has 0 fully saturated rings. The molecule has 0 aliphatic heterocycles. The van der Waals surface area contributed by atoms with Crippen molar-refractivity contribution in [2.75, 3.05) is 5.73 Å². The average Bonchev–Trinajstić information content (AvgIpc) is 2.88. The van der Waals surface area contributed by atoms with Crippen LogP contribution in [0.15, 0.2) is 42.5 Å². The number of rotatable bonds is 3. The molecule has 0 atom stereocenters. The fraction of sp³-hybridized carbons (Fsp3) is 0.222. The van der Waals surface area contributed by atoms with E-state index in [1.807, 2.05) is 12.1 Å². The van der Waals surface area contributed by atoms with Gasteiger partial charge in [0.25, 0.3) is 0 Å². The minimum absolute atomic E-state index is 0.564. The van der Waals surface area contributed by atoms with Gasteiger partial charge in [-0.05, 0) is 49.1 Å². The molecule has 0 radical (unpaired) electrons. The van der Waals surface area contributed by atoms with Crippen LogP contribution in [0, 0.1) is 13.8 Å². The van der Waals surface area contributed by atoms with Gasteiger partial charge in [-0.25, -0.2) is 0 Å². The van der Waals surface area contributed by atoms with Crippen LogP contribution in [0.25, 0.3) is 16.9 Å².